The second kappa shape index (κ2) is 9.22. The smallest absolute Gasteiger partial charge is 0.277 e. The average molecular weight is 438 g/mol. The van der Waals surface area contributed by atoms with Crippen molar-refractivity contribution >= 4 is 28.7 Å². The summed E-state index contributed by atoms with van der Waals surface area (Å²) in [6.07, 6.45) is 0. The van der Waals surface area contributed by atoms with Crippen LogP contribution in [-0.2, 0) is 11.8 Å². The van der Waals surface area contributed by atoms with E-state index >= 15 is 0 Å². The average Bonchev–Trinajstić information content (AvgIpc) is 3.38. The summed E-state index contributed by atoms with van der Waals surface area (Å²) in [5.41, 5.74) is 2.73. The van der Waals surface area contributed by atoms with Crippen LogP contribution in [0.1, 0.15) is 25.7 Å². The maximum absolute atomic E-state index is 12.4. The van der Waals surface area contributed by atoms with Gasteiger partial charge in [-0.1, -0.05) is 23.9 Å². The number of nitrogens with zero attached hydrogens (tertiary/aromatic N) is 4. The van der Waals surface area contributed by atoms with Crippen molar-refractivity contribution in [2.45, 2.75) is 25.1 Å². The Labute approximate surface area is 184 Å². The van der Waals surface area contributed by atoms with Crippen molar-refractivity contribution in [2.75, 3.05) is 12.4 Å². The molecule has 2 heterocycles. The molecule has 1 amide bonds. The SMILES string of the molecule is CCOc1ccc(-c2nnc(SCC(=O)NC(C)c3nc4ccccc4n3C)o2)cc1. The number of aryl methyl sites for hydroxylation is 1. The van der Waals surface area contributed by atoms with E-state index in [9.17, 15) is 4.79 Å². The summed E-state index contributed by atoms with van der Waals surface area (Å²) in [4.78, 5) is 17.1. The fourth-order valence-electron chi connectivity index (χ4n) is 3.27. The van der Waals surface area contributed by atoms with Crippen molar-refractivity contribution in [3.63, 3.8) is 0 Å². The van der Waals surface area contributed by atoms with E-state index in [1.165, 1.54) is 11.8 Å². The Morgan fingerprint density at radius 3 is 2.71 bits per heavy atom. The third kappa shape index (κ3) is 4.72. The number of rotatable bonds is 8. The van der Waals surface area contributed by atoms with Crippen molar-refractivity contribution < 1.29 is 13.9 Å². The summed E-state index contributed by atoms with van der Waals surface area (Å²) in [6, 6.07) is 15.1. The molecular weight excluding hydrogens is 414 g/mol. The maximum Gasteiger partial charge on any atom is 0.277 e. The minimum absolute atomic E-state index is 0.134. The molecule has 0 aliphatic carbocycles. The fourth-order valence-corrected chi connectivity index (χ4v) is 3.85. The minimum atomic E-state index is -0.229. The molecule has 0 saturated carbocycles. The lowest BCUT2D eigenvalue weighted by molar-refractivity contribution is -0.119. The summed E-state index contributed by atoms with van der Waals surface area (Å²) in [5.74, 6) is 2.02. The summed E-state index contributed by atoms with van der Waals surface area (Å²) in [5, 5.41) is 11.4. The summed E-state index contributed by atoms with van der Waals surface area (Å²) in [7, 11) is 1.95. The predicted octanol–water partition coefficient (Wildman–Crippen LogP) is 3.99. The van der Waals surface area contributed by atoms with Crippen LogP contribution >= 0.6 is 11.8 Å². The largest absolute Gasteiger partial charge is 0.494 e. The highest BCUT2D eigenvalue weighted by atomic mass is 32.2. The van der Waals surface area contributed by atoms with Gasteiger partial charge in [0.25, 0.3) is 5.22 Å². The fraction of sp³-hybridized carbons (Fsp3) is 0.273. The van der Waals surface area contributed by atoms with Gasteiger partial charge in [-0.2, -0.15) is 0 Å². The standard InChI is InChI=1S/C22H23N5O3S/c1-4-29-16-11-9-15(10-12-16)21-25-26-22(30-21)31-13-19(28)23-14(2)20-24-17-7-5-6-8-18(17)27(20)3/h5-12,14H,4,13H2,1-3H3,(H,23,28). The van der Waals surface area contributed by atoms with E-state index in [4.69, 9.17) is 9.15 Å². The second-order valence-corrected chi connectivity index (χ2v) is 7.85. The van der Waals surface area contributed by atoms with Crippen LogP contribution in [0.3, 0.4) is 0 Å². The number of imidazole rings is 1. The van der Waals surface area contributed by atoms with Gasteiger partial charge in [0.1, 0.15) is 11.6 Å². The zero-order chi connectivity index (χ0) is 21.8. The van der Waals surface area contributed by atoms with E-state index < -0.39 is 0 Å². The second-order valence-electron chi connectivity index (χ2n) is 6.93. The highest BCUT2D eigenvalue weighted by molar-refractivity contribution is 7.99. The molecule has 1 N–H and O–H groups in total. The topological polar surface area (TPSA) is 95.1 Å². The van der Waals surface area contributed by atoms with Crippen LogP contribution in [0.2, 0.25) is 0 Å². The molecule has 0 aliphatic heterocycles. The Kier molecular flexibility index (Phi) is 6.22. The van der Waals surface area contributed by atoms with Gasteiger partial charge in [0.15, 0.2) is 0 Å². The molecule has 0 fully saturated rings. The zero-order valence-electron chi connectivity index (χ0n) is 17.5. The first-order valence-electron chi connectivity index (χ1n) is 9.95. The molecule has 0 bridgehead atoms. The van der Waals surface area contributed by atoms with Gasteiger partial charge in [0.2, 0.25) is 11.8 Å². The molecule has 0 saturated heterocycles. The molecule has 0 aliphatic rings. The molecule has 1 atom stereocenters. The van der Waals surface area contributed by atoms with Crippen LogP contribution in [0.25, 0.3) is 22.5 Å². The Balaban J connectivity index is 1.34. The molecule has 9 heteroatoms. The van der Waals surface area contributed by atoms with Crippen molar-refractivity contribution in [1.29, 1.82) is 0 Å². The van der Waals surface area contributed by atoms with Gasteiger partial charge in [-0.05, 0) is 50.2 Å². The lowest BCUT2D eigenvalue weighted by Gasteiger charge is -2.13. The first-order valence-corrected chi connectivity index (χ1v) is 10.9. The van der Waals surface area contributed by atoms with Gasteiger partial charge in [-0.3, -0.25) is 4.79 Å². The highest BCUT2D eigenvalue weighted by Gasteiger charge is 2.17. The van der Waals surface area contributed by atoms with Crippen molar-refractivity contribution in [2.24, 2.45) is 7.05 Å². The highest BCUT2D eigenvalue weighted by Crippen LogP contribution is 2.25. The van der Waals surface area contributed by atoms with E-state index in [1.54, 1.807) is 0 Å². The number of nitrogens with one attached hydrogen (secondary N) is 1. The van der Waals surface area contributed by atoms with Gasteiger partial charge < -0.3 is 19.0 Å². The van der Waals surface area contributed by atoms with Crippen LogP contribution in [0.4, 0.5) is 0 Å². The van der Waals surface area contributed by atoms with Gasteiger partial charge >= 0.3 is 0 Å². The molecule has 160 valence electrons. The number of benzene rings is 2. The number of fused-ring (bicyclic) bond motifs is 1. The summed E-state index contributed by atoms with van der Waals surface area (Å²) < 4.78 is 13.1. The number of carbonyl (C=O) groups is 1. The van der Waals surface area contributed by atoms with Gasteiger partial charge in [0, 0.05) is 12.6 Å². The van der Waals surface area contributed by atoms with E-state index in [0.29, 0.717) is 17.7 Å². The molecular formula is C22H23N5O3S. The Bertz CT molecular complexity index is 1190. The van der Waals surface area contributed by atoms with Gasteiger partial charge in [-0.25, -0.2) is 4.98 Å². The first kappa shape index (κ1) is 20.9. The normalized spacial score (nSPS) is 12.1. The Hall–Kier alpha value is -3.33. The molecule has 8 nitrogen and oxygen atoms in total. The number of hydrogen-bond donors (Lipinski definition) is 1. The molecule has 4 aromatic rings. The Morgan fingerprint density at radius 1 is 1.19 bits per heavy atom. The first-order chi connectivity index (χ1) is 15.0. The van der Waals surface area contributed by atoms with E-state index in [1.807, 2.05) is 74.0 Å². The molecule has 0 radical (unpaired) electrons. The number of aromatic nitrogens is 4. The van der Waals surface area contributed by atoms with Gasteiger partial charge in [-0.15, -0.1) is 10.2 Å². The zero-order valence-corrected chi connectivity index (χ0v) is 18.3. The number of hydrogen-bond acceptors (Lipinski definition) is 7. The van der Waals surface area contributed by atoms with E-state index in [2.05, 4.69) is 20.5 Å². The third-order valence-corrected chi connectivity index (χ3v) is 5.55. The predicted molar refractivity (Wildman–Crippen MR) is 119 cm³/mol. The lowest BCUT2D eigenvalue weighted by Crippen LogP contribution is -2.29. The number of amides is 1. The van der Waals surface area contributed by atoms with Crippen molar-refractivity contribution in [3.05, 3.63) is 54.4 Å². The molecule has 2 aromatic heterocycles. The minimum Gasteiger partial charge on any atom is -0.494 e. The molecule has 31 heavy (non-hydrogen) atoms. The number of thioether (sulfide) groups is 1. The van der Waals surface area contributed by atoms with Gasteiger partial charge in [0.05, 0.1) is 29.4 Å². The van der Waals surface area contributed by atoms with Crippen LogP contribution in [0.5, 0.6) is 5.75 Å². The third-order valence-electron chi connectivity index (χ3n) is 4.73. The number of para-hydroxylation sites is 2. The summed E-state index contributed by atoms with van der Waals surface area (Å²) >= 11 is 1.20. The molecule has 1 unspecified atom stereocenters. The summed E-state index contributed by atoms with van der Waals surface area (Å²) in [6.45, 7) is 4.46. The molecule has 0 spiro atoms. The number of carbonyl (C=O) groups excluding carboxylic acids is 1. The molecule has 4 rings (SSSR count). The maximum atomic E-state index is 12.4. The van der Waals surface area contributed by atoms with Crippen LogP contribution in [0, 0.1) is 0 Å². The number of ether oxygens (including phenoxy) is 1. The van der Waals surface area contributed by atoms with Crippen molar-refractivity contribution in [1.82, 2.24) is 25.1 Å². The van der Waals surface area contributed by atoms with E-state index in [-0.39, 0.29) is 17.7 Å². The van der Waals surface area contributed by atoms with Crippen LogP contribution in [-0.4, -0.2) is 38.0 Å². The van der Waals surface area contributed by atoms with Crippen LogP contribution < -0.4 is 10.1 Å². The quantitative estimate of drug-likeness (QED) is 0.416. The van der Waals surface area contributed by atoms with E-state index in [0.717, 1.165) is 28.2 Å². The molecule has 2 aromatic carbocycles. The monoisotopic (exact) mass is 437 g/mol. The van der Waals surface area contributed by atoms with Crippen LogP contribution in [0.15, 0.2) is 58.2 Å². The van der Waals surface area contributed by atoms with Crippen molar-refractivity contribution in [3.8, 4) is 17.2 Å². The Morgan fingerprint density at radius 2 is 1.97 bits per heavy atom. The lowest BCUT2D eigenvalue weighted by atomic mass is 10.2.